The second-order valence-corrected chi connectivity index (χ2v) is 13.7. The number of amides is 1. The summed E-state index contributed by atoms with van der Waals surface area (Å²) in [5.74, 6) is -3.15. The lowest BCUT2D eigenvalue weighted by Crippen LogP contribution is -2.50. The molecule has 0 aliphatic carbocycles. The van der Waals surface area contributed by atoms with E-state index in [0.717, 1.165) is 40.5 Å². The standard InChI is InChI=1S/C36H52N8O7/c1-37(2)11-12-38(3)27-44-22-28-7-5-6-8-30(28)31-21-29(9-10-32(31)44)39(4)33(45)23-40-13-15-41(24-34(46)47)17-19-43(26-36(50)51)20-18-42(16-14-40)25-35(48)49/h5-10,21-22H,11-20,23-27H2,1-4H3,(H2-,46,47,48,49,50,51)/p+1. The van der Waals surface area contributed by atoms with Crippen LogP contribution < -0.4 is 9.47 Å². The highest BCUT2D eigenvalue weighted by atomic mass is 16.4. The fraction of sp³-hybridized carbons (Fsp3) is 0.528. The molecule has 0 spiro atoms. The van der Waals surface area contributed by atoms with Crippen molar-refractivity contribution in [3.63, 3.8) is 0 Å². The van der Waals surface area contributed by atoms with Crippen LogP contribution in [0.4, 0.5) is 5.69 Å². The summed E-state index contributed by atoms with van der Waals surface area (Å²) < 4.78 is 2.24. The molecule has 1 aliphatic heterocycles. The Balaban J connectivity index is 1.56. The van der Waals surface area contributed by atoms with Crippen molar-refractivity contribution < 1.29 is 39.1 Å². The number of hydrogen-bond donors (Lipinski definition) is 3. The van der Waals surface area contributed by atoms with Crippen LogP contribution in [0.1, 0.15) is 0 Å². The molecule has 278 valence electrons. The fourth-order valence-electron chi connectivity index (χ4n) is 6.34. The highest BCUT2D eigenvalue weighted by molar-refractivity contribution is 6.06. The number of carboxylic acids is 3. The van der Waals surface area contributed by atoms with Gasteiger partial charge in [-0.25, -0.2) is 4.90 Å². The predicted octanol–water partition coefficient (Wildman–Crippen LogP) is 0.170. The van der Waals surface area contributed by atoms with E-state index in [4.69, 9.17) is 0 Å². The van der Waals surface area contributed by atoms with Crippen LogP contribution in [0.2, 0.25) is 0 Å². The monoisotopic (exact) mass is 709 g/mol. The molecule has 2 aromatic carbocycles. The summed E-state index contributed by atoms with van der Waals surface area (Å²) in [6.07, 6.45) is 2.17. The summed E-state index contributed by atoms with van der Waals surface area (Å²) >= 11 is 0. The number of carbonyl (C=O) groups excluding carboxylic acids is 1. The number of carbonyl (C=O) groups is 4. The molecule has 0 radical (unpaired) electrons. The normalized spacial score (nSPS) is 16.4. The van der Waals surface area contributed by atoms with Crippen LogP contribution >= 0.6 is 0 Å². The number of benzene rings is 2. The van der Waals surface area contributed by atoms with Crippen molar-refractivity contribution in [3.05, 3.63) is 48.7 Å². The quantitative estimate of drug-likeness (QED) is 0.154. The largest absolute Gasteiger partial charge is 0.480 e. The molecule has 1 saturated heterocycles. The minimum atomic E-state index is -1.01. The van der Waals surface area contributed by atoms with Gasteiger partial charge in [0.2, 0.25) is 18.1 Å². The first kappa shape index (κ1) is 39.5. The summed E-state index contributed by atoms with van der Waals surface area (Å²) in [7, 11) is 7.98. The molecule has 1 fully saturated rings. The number of fused-ring (bicyclic) bond motifs is 3. The number of aliphatic carboxylic acids is 3. The average Bonchev–Trinajstić information content (AvgIpc) is 3.07. The number of likely N-dealkylation sites (N-methyl/N-ethyl adjacent to an activating group) is 3. The number of hydrogen-bond acceptors (Lipinski definition) is 10. The minimum absolute atomic E-state index is 0.0493. The molecule has 0 atom stereocenters. The van der Waals surface area contributed by atoms with Gasteiger partial charge in [-0.1, -0.05) is 18.2 Å². The second kappa shape index (κ2) is 18.8. The lowest BCUT2D eigenvalue weighted by Gasteiger charge is -2.33. The molecule has 1 aromatic heterocycles. The Morgan fingerprint density at radius 1 is 0.647 bits per heavy atom. The van der Waals surface area contributed by atoms with Crippen molar-refractivity contribution in [1.29, 1.82) is 0 Å². The number of aromatic nitrogens is 1. The number of pyridine rings is 1. The summed E-state index contributed by atoms with van der Waals surface area (Å²) in [6, 6.07) is 14.3. The van der Waals surface area contributed by atoms with Gasteiger partial charge in [0.1, 0.15) is 0 Å². The molecule has 2 heterocycles. The number of anilines is 1. The third-order valence-corrected chi connectivity index (χ3v) is 9.28. The van der Waals surface area contributed by atoms with Crippen molar-refractivity contribution in [2.24, 2.45) is 0 Å². The molecular formula is C36H53N8O7+. The van der Waals surface area contributed by atoms with Gasteiger partial charge < -0.3 is 25.1 Å². The Morgan fingerprint density at radius 2 is 1.14 bits per heavy atom. The summed E-state index contributed by atoms with van der Waals surface area (Å²) in [5, 5.41) is 31.7. The predicted molar refractivity (Wildman–Crippen MR) is 195 cm³/mol. The van der Waals surface area contributed by atoms with E-state index < -0.39 is 17.9 Å². The van der Waals surface area contributed by atoms with E-state index in [1.54, 1.807) is 26.6 Å². The van der Waals surface area contributed by atoms with E-state index in [2.05, 4.69) is 59.9 Å². The Morgan fingerprint density at radius 3 is 1.63 bits per heavy atom. The van der Waals surface area contributed by atoms with Gasteiger partial charge in [0.25, 0.3) is 0 Å². The van der Waals surface area contributed by atoms with Crippen molar-refractivity contribution in [2.75, 3.05) is 125 Å². The van der Waals surface area contributed by atoms with Crippen molar-refractivity contribution in [2.45, 2.75) is 6.67 Å². The molecule has 1 aliphatic rings. The summed E-state index contributed by atoms with van der Waals surface area (Å²) in [6.45, 7) is 4.62. The first-order valence-corrected chi connectivity index (χ1v) is 17.3. The highest BCUT2D eigenvalue weighted by Gasteiger charge is 2.23. The maximum atomic E-state index is 13.9. The van der Waals surface area contributed by atoms with Gasteiger partial charge in [-0.05, 0) is 39.3 Å². The van der Waals surface area contributed by atoms with Gasteiger partial charge in [-0.2, -0.15) is 4.57 Å². The zero-order valence-corrected chi connectivity index (χ0v) is 30.3. The van der Waals surface area contributed by atoms with E-state index in [1.165, 1.54) is 0 Å². The molecule has 51 heavy (non-hydrogen) atoms. The smallest absolute Gasteiger partial charge is 0.317 e. The Kier molecular flexibility index (Phi) is 14.6. The number of carboxylic acid groups (broad SMARTS) is 3. The van der Waals surface area contributed by atoms with Crippen LogP contribution in [0.15, 0.2) is 48.7 Å². The third kappa shape index (κ3) is 12.2. The average molecular weight is 710 g/mol. The van der Waals surface area contributed by atoms with Gasteiger partial charge in [-0.15, -0.1) is 0 Å². The van der Waals surface area contributed by atoms with Gasteiger partial charge >= 0.3 is 17.9 Å². The fourth-order valence-corrected chi connectivity index (χ4v) is 6.34. The van der Waals surface area contributed by atoms with Crippen LogP contribution in [0, 0.1) is 0 Å². The lowest BCUT2D eigenvalue weighted by molar-refractivity contribution is -0.689. The molecule has 15 heteroatoms. The van der Waals surface area contributed by atoms with Crippen molar-refractivity contribution in [1.82, 2.24) is 29.4 Å². The van der Waals surface area contributed by atoms with Crippen LogP contribution in [0.5, 0.6) is 0 Å². The van der Waals surface area contributed by atoms with Gasteiger partial charge in [0, 0.05) is 95.0 Å². The van der Waals surface area contributed by atoms with E-state index in [0.29, 0.717) is 59.0 Å². The molecule has 1 amide bonds. The molecule has 3 aromatic rings. The maximum absolute atomic E-state index is 13.9. The highest BCUT2D eigenvalue weighted by Crippen LogP contribution is 2.27. The molecule has 0 bridgehead atoms. The zero-order chi connectivity index (χ0) is 37.1. The van der Waals surface area contributed by atoms with Crippen LogP contribution in [-0.2, 0) is 25.8 Å². The third-order valence-electron chi connectivity index (χ3n) is 9.28. The molecule has 0 saturated carbocycles. The number of rotatable bonds is 14. The van der Waals surface area contributed by atoms with Gasteiger partial charge in [0.05, 0.1) is 31.6 Å². The van der Waals surface area contributed by atoms with Crippen molar-refractivity contribution in [3.8, 4) is 0 Å². The Hall–Kier alpha value is -4.25. The van der Waals surface area contributed by atoms with E-state index in [9.17, 15) is 34.5 Å². The topological polar surface area (TPSA) is 156 Å². The molecule has 0 unspecified atom stereocenters. The maximum Gasteiger partial charge on any atom is 0.317 e. The number of nitrogens with zero attached hydrogens (tertiary/aromatic N) is 8. The first-order chi connectivity index (χ1) is 24.3. The Labute approximate surface area is 299 Å². The van der Waals surface area contributed by atoms with E-state index in [-0.39, 0.29) is 32.1 Å². The van der Waals surface area contributed by atoms with E-state index in [1.807, 2.05) is 29.2 Å². The van der Waals surface area contributed by atoms with Crippen LogP contribution in [-0.4, -0.2) is 188 Å². The second-order valence-electron chi connectivity index (χ2n) is 13.7. The van der Waals surface area contributed by atoms with Gasteiger partial charge in [0.15, 0.2) is 6.20 Å². The molecule has 15 nitrogen and oxygen atoms in total. The first-order valence-electron chi connectivity index (χ1n) is 17.3. The van der Waals surface area contributed by atoms with Crippen LogP contribution in [0.3, 0.4) is 0 Å². The molecular weight excluding hydrogens is 656 g/mol. The molecule has 3 N–H and O–H groups in total. The van der Waals surface area contributed by atoms with E-state index >= 15 is 0 Å². The minimum Gasteiger partial charge on any atom is -0.480 e. The summed E-state index contributed by atoms with van der Waals surface area (Å²) in [5.41, 5.74) is 1.79. The van der Waals surface area contributed by atoms with Gasteiger partial charge in [-0.3, -0.25) is 38.8 Å². The zero-order valence-electron chi connectivity index (χ0n) is 30.3. The SMILES string of the molecule is CN(C)CCN(C)C[n+]1cc2ccccc2c2cc(N(C)C(=O)CN3CCN(CC(=O)O)CCN(CC(=O)O)CCN(CC(=O)O)CC3)ccc21. The van der Waals surface area contributed by atoms with Crippen molar-refractivity contribution >= 4 is 51.2 Å². The summed E-state index contributed by atoms with van der Waals surface area (Å²) in [4.78, 5) is 61.9. The van der Waals surface area contributed by atoms with Crippen LogP contribution in [0.25, 0.3) is 21.7 Å². The lowest BCUT2D eigenvalue weighted by atomic mass is 10.1. The molecule has 4 rings (SSSR count). The Bertz CT molecular complexity index is 1640.